The summed E-state index contributed by atoms with van der Waals surface area (Å²) < 4.78 is 11.2. The third kappa shape index (κ3) is 3.73. The normalized spacial score (nSPS) is 27.2. The van der Waals surface area contributed by atoms with Crippen LogP contribution >= 0.6 is 0 Å². The Morgan fingerprint density at radius 3 is 3.08 bits per heavy atom. The number of nitrogens with zero attached hydrogens (tertiary/aromatic N) is 1. The van der Waals surface area contributed by atoms with Gasteiger partial charge < -0.3 is 19.5 Å². The monoisotopic (exact) mass is 333 g/mol. The van der Waals surface area contributed by atoms with Gasteiger partial charge >= 0.3 is 0 Å². The second kappa shape index (κ2) is 7.99. The molecule has 0 bridgehead atoms. The Morgan fingerprint density at radius 2 is 2.29 bits per heavy atom. The van der Waals surface area contributed by atoms with Gasteiger partial charge in [0.05, 0.1) is 19.3 Å². The van der Waals surface area contributed by atoms with Crippen molar-refractivity contribution in [3.8, 4) is 5.75 Å². The van der Waals surface area contributed by atoms with Crippen molar-refractivity contribution in [2.45, 2.75) is 44.8 Å². The third-order valence-electron chi connectivity index (χ3n) is 4.97. The zero-order chi connectivity index (χ0) is 16.9. The Balaban J connectivity index is 1.73. The van der Waals surface area contributed by atoms with Crippen molar-refractivity contribution >= 4 is 5.91 Å². The number of ether oxygens (including phenoxy) is 2. The van der Waals surface area contributed by atoms with Crippen LogP contribution in [0.1, 0.15) is 43.0 Å². The fourth-order valence-corrected chi connectivity index (χ4v) is 3.71. The van der Waals surface area contributed by atoms with Crippen LogP contribution in [-0.2, 0) is 4.74 Å². The topological polar surface area (TPSA) is 59.0 Å². The molecule has 2 saturated heterocycles. The lowest BCUT2D eigenvalue weighted by Gasteiger charge is -2.37. The molecule has 3 unspecified atom stereocenters. The molecule has 0 saturated carbocycles. The number of aliphatic hydroxyl groups excluding tert-OH is 1. The first-order valence-corrected chi connectivity index (χ1v) is 9.00. The molecule has 5 heteroatoms. The molecule has 5 nitrogen and oxygen atoms in total. The number of benzene rings is 1. The highest BCUT2D eigenvalue weighted by Crippen LogP contribution is 2.31. The maximum atomic E-state index is 13.0. The predicted octanol–water partition coefficient (Wildman–Crippen LogP) is 2.48. The minimum Gasteiger partial charge on any atom is -0.494 e. The van der Waals surface area contributed by atoms with E-state index in [9.17, 15) is 9.90 Å². The van der Waals surface area contributed by atoms with Crippen LogP contribution in [0.2, 0.25) is 0 Å². The molecule has 1 amide bonds. The molecule has 132 valence electrons. The van der Waals surface area contributed by atoms with Gasteiger partial charge in [0.2, 0.25) is 0 Å². The molecule has 1 aromatic carbocycles. The predicted molar refractivity (Wildman–Crippen MR) is 91.2 cm³/mol. The van der Waals surface area contributed by atoms with Crippen LogP contribution in [0.15, 0.2) is 24.3 Å². The van der Waals surface area contributed by atoms with Crippen LogP contribution in [-0.4, -0.2) is 54.4 Å². The van der Waals surface area contributed by atoms with Crippen molar-refractivity contribution in [1.29, 1.82) is 0 Å². The summed E-state index contributed by atoms with van der Waals surface area (Å²) in [6, 6.07) is 7.47. The third-order valence-corrected chi connectivity index (χ3v) is 4.97. The molecule has 3 atom stereocenters. The fraction of sp³-hybridized carbons (Fsp3) is 0.632. The summed E-state index contributed by atoms with van der Waals surface area (Å²) in [6.07, 6.45) is 3.13. The molecule has 0 spiro atoms. The number of likely N-dealkylation sites (tertiary alicyclic amines) is 1. The van der Waals surface area contributed by atoms with Gasteiger partial charge in [-0.15, -0.1) is 0 Å². The highest BCUT2D eigenvalue weighted by molar-refractivity contribution is 5.95. The molecule has 0 radical (unpaired) electrons. The van der Waals surface area contributed by atoms with Crippen LogP contribution in [0.4, 0.5) is 0 Å². The van der Waals surface area contributed by atoms with Gasteiger partial charge in [0.1, 0.15) is 5.75 Å². The van der Waals surface area contributed by atoms with Crippen LogP contribution in [0.5, 0.6) is 5.75 Å². The van der Waals surface area contributed by atoms with Crippen LogP contribution in [0.25, 0.3) is 0 Å². The van der Waals surface area contributed by atoms with Gasteiger partial charge in [-0.1, -0.05) is 13.0 Å². The first-order chi connectivity index (χ1) is 11.7. The molecule has 2 heterocycles. The first kappa shape index (κ1) is 17.2. The number of hydrogen-bond donors (Lipinski definition) is 1. The Labute approximate surface area is 143 Å². The molecule has 1 aromatic rings. The van der Waals surface area contributed by atoms with Crippen molar-refractivity contribution < 1.29 is 19.4 Å². The van der Waals surface area contributed by atoms with Crippen molar-refractivity contribution in [2.75, 3.05) is 26.4 Å². The number of amides is 1. The van der Waals surface area contributed by atoms with E-state index in [2.05, 4.69) is 6.92 Å². The molecule has 24 heavy (non-hydrogen) atoms. The van der Waals surface area contributed by atoms with Crippen molar-refractivity contribution in [3.63, 3.8) is 0 Å². The largest absolute Gasteiger partial charge is 0.494 e. The Bertz CT molecular complexity index is 562. The molecule has 2 aliphatic rings. The number of carbonyl (C=O) groups excluding carboxylic acids is 1. The van der Waals surface area contributed by atoms with Gasteiger partial charge in [-0.25, -0.2) is 0 Å². The summed E-state index contributed by atoms with van der Waals surface area (Å²) in [4.78, 5) is 14.9. The molecule has 0 aromatic heterocycles. The van der Waals surface area contributed by atoms with E-state index in [1.807, 2.05) is 29.2 Å². The molecule has 2 fully saturated rings. The van der Waals surface area contributed by atoms with E-state index in [1.54, 1.807) is 0 Å². The average molecular weight is 333 g/mol. The molecule has 0 aliphatic carbocycles. The zero-order valence-corrected chi connectivity index (χ0v) is 14.3. The lowest BCUT2D eigenvalue weighted by Crippen LogP contribution is -2.48. The second-order valence-corrected chi connectivity index (χ2v) is 6.68. The number of aliphatic hydroxyl groups is 1. The van der Waals surface area contributed by atoms with E-state index < -0.39 is 0 Å². The summed E-state index contributed by atoms with van der Waals surface area (Å²) >= 11 is 0. The SMILES string of the molecule is CCCOc1cccc(C(=O)N2CCCC2C2COCCC2O)c1. The van der Waals surface area contributed by atoms with Crippen molar-refractivity contribution in [3.05, 3.63) is 29.8 Å². The summed E-state index contributed by atoms with van der Waals surface area (Å²) in [5, 5.41) is 10.3. The first-order valence-electron chi connectivity index (χ1n) is 9.00. The Kier molecular flexibility index (Phi) is 5.74. The fourth-order valence-electron chi connectivity index (χ4n) is 3.71. The van der Waals surface area contributed by atoms with Gasteiger partial charge in [0.25, 0.3) is 5.91 Å². The smallest absolute Gasteiger partial charge is 0.254 e. The van der Waals surface area contributed by atoms with Crippen LogP contribution in [0.3, 0.4) is 0 Å². The van der Waals surface area contributed by atoms with Gasteiger partial charge in [-0.2, -0.15) is 0 Å². The van der Waals surface area contributed by atoms with E-state index >= 15 is 0 Å². The van der Waals surface area contributed by atoms with Gasteiger partial charge in [-0.05, 0) is 43.9 Å². The standard InChI is InChI=1S/C19H27NO4/c1-2-10-24-15-6-3-5-14(12-15)19(22)20-9-4-7-17(20)16-13-23-11-8-18(16)21/h3,5-6,12,16-18,21H,2,4,7-11,13H2,1H3. The number of hydrogen-bond acceptors (Lipinski definition) is 4. The summed E-state index contributed by atoms with van der Waals surface area (Å²) in [5.41, 5.74) is 0.654. The van der Waals surface area contributed by atoms with Crippen LogP contribution < -0.4 is 4.74 Å². The highest BCUT2D eigenvalue weighted by Gasteiger charge is 2.39. The van der Waals surface area contributed by atoms with Gasteiger partial charge in [0, 0.05) is 30.7 Å². The average Bonchev–Trinajstić information content (AvgIpc) is 3.09. The summed E-state index contributed by atoms with van der Waals surface area (Å²) in [5.74, 6) is 0.779. The van der Waals surface area contributed by atoms with Crippen molar-refractivity contribution in [2.24, 2.45) is 5.92 Å². The maximum Gasteiger partial charge on any atom is 0.254 e. The van der Waals surface area contributed by atoms with Gasteiger partial charge in [0.15, 0.2) is 0 Å². The molecule has 3 rings (SSSR count). The van der Waals surface area contributed by atoms with Gasteiger partial charge in [-0.3, -0.25) is 4.79 Å². The lowest BCUT2D eigenvalue weighted by atomic mass is 9.89. The Morgan fingerprint density at radius 1 is 1.42 bits per heavy atom. The highest BCUT2D eigenvalue weighted by atomic mass is 16.5. The summed E-state index contributed by atoms with van der Waals surface area (Å²) in [7, 11) is 0. The van der Waals surface area contributed by atoms with E-state index in [0.717, 1.165) is 31.6 Å². The molecular formula is C19H27NO4. The molecular weight excluding hydrogens is 306 g/mol. The molecule has 1 N–H and O–H groups in total. The van der Waals surface area contributed by atoms with Crippen LogP contribution in [0, 0.1) is 5.92 Å². The second-order valence-electron chi connectivity index (χ2n) is 6.68. The number of rotatable bonds is 5. The minimum absolute atomic E-state index is 0.0183. The quantitative estimate of drug-likeness (QED) is 0.899. The van der Waals surface area contributed by atoms with E-state index in [-0.39, 0.29) is 24.0 Å². The molecule has 2 aliphatic heterocycles. The van der Waals surface area contributed by atoms with E-state index in [4.69, 9.17) is 9.47 Å². The lowest BCUT2D eigenvalue weighted by molar-refractivity contribution is -0.0589. The van der Waals surface area contributed by atoms with E-state index in [0.29, 0.717) is 31.8 Å². The van der Waals surface area contributed by atoms with Crippen molar-refractivity contribution in [1.82, 2.24) is 4.90 Å². The Hall–Kier alpha value is -1.59. The van der Waals surface area contributed by atoms with E-state index in [1.165, 1.54) is 0 Å². The number of carbonyl (C=O) groups is 1. The summed E-state index contributed by atoms with van der Waals surface area (Å²) in [6.45, 7) is 4.59. The maximum absolute atomic E-state index is 13.0. The minimum atomic E-state index is -0.378. The zero-order valence-electron chi connectivity index (χ0n) is 14.3.